The van der Waals surface area contributed by atoms with E-state index in [0.717, 1.165) is 27.8 Å². The molecule has 0 radical (unpaired) electrons. The Morgan fingerprint density at radius 1 is 0.897 bits per heavy atom. The maximum absolute atomic E-state index is 13.4. The van der Waals surface area contributed by atoms with Gasteiger partial charge in [0.1, 0.15) is 12.2 Å². The molecule has 146 valence electrons. The molecule has 0 saturated carbocycles. The number of fused-ring (bicyclic) bond motifs is 1. The summed E-state index contributed by atoms with van der Waals surface area (Å²) >= 11 is 5.96. The first-order valence-electron chi connectivity index (χ1n) is 9.45. The van der Waals surface area contributed by atoms with Crippen LogP contribution in [-0.2, 0) is 6.61 Å². The second-order valence-electron chi connectivity index (χ2n) is 7.33. The summed E-state index contributed by atoms with van der Waals surface area (Å²) in [5.41, 5.74) is 5.19. The standard InChI is InChI=1S/C25H21ClO3/c1-15-4-8-19(9-5-15)24-25(28-14-18-6-10-20(26)11-7-18)23(27)22-17(3)12-16(2)13-21(22)29-24/h4-13H,14H2,1-3H3. The Bertz CT molecular complexity index is 1240. The zero-order valence-corrected chi connectivity index (χ0v) is 17.3. The smallest absolute Gasteiger partial charge is 0.235 e. The number of hydrogen-bond acceptors (Lipinski definition) is 3. The minimum Gasteiger partial charge on any atom is -0.481 e. The number of ether oxygens (including phenoxy) is 1. The second-order valence-corrected chi connectivity index (χ2v) is 7.76. The van der Waals surface area contributed by atoms with Gasteiger partial charge in [0.15, 0.2) is 5.76 Å². The third kappa shape index (κ3) is 3.92. The average Bonchev–Trinajstić information content (AvgIpc) is 2.68. The molecule has 4 aromatic rings. The van der Waals surface area contributed by atoms with Crippen LogP contribution in [0.15, 0.2) is 69.9 Å². The minimum atomic E-state index is -0.159. The third-order valence-corrected chi connectivity index (χ3v) is 5.16. The molecule has 0 saturated heterocycles. The lowest BCUT2D eigenvalue weighted by molar-refractivity contribution is 0.298. The van der Waals surface area contributed by atoms with Crippen molar-refractivity contribution < 1.29 is 9.15 Å². The second kappa shape index (κ2) is 7.76. The molecule has 3 aromatic carbocycles. The van der Waals surface area contributed by atoms with Gasteiger partial charge >= 0.3 is 0 Å². The monoisotopic (exact) mass is 404 g/mol. The molecule has 0 amide bonds. The number of benzene rings is 3. The molecule has 4 rings (SSSR count). The number of halogens is 1. The van der Waals surface area contributed by atoms with E-state index >= 15 is 0 Å². The number of rotatable bonds is 4. The van der Waals surface area contributed by atoms with Gasteiger partial charge in [-0.15, -0.1) is 0 Å². The van der Waals surface area contributed by atoms with Gasteiger partial charge in [0.2, 0.25) is 11.2 Å². The lowest BCUT2D eigenvalue weighted by atomic mass is 10.0. The lowest BCUT2D eigenvalue weighted by Crippen LogP contribution is -2.11. The Morgan fingerprint density at radius 3 is 2.28 bits per heavy atom. The summed E-state index contributed by atoms with van der Waals surface area (Å²) in [5, 5.41) is 1.21. The third-order valence-electron chi connectivity index (χ3n) is 4.91. The van der Waals surface area contributed by atoms with Crippen molar-refractivity contribution >= 4 is 22.6 Å². The fourth-order valence-electron chi connectivity index (χ4n) is 3.44. The maximum Gasteiger partial charge on any atom is 0.235 e. The van der Waals surface area contributed by atoms with Gasteiger partial charge in [-0.2, -0.15) is 0 Å². The van der Waals surface area contributed by atoms with Crippen LogP contribution in [0.1, 0.15) is 22.3 Å². The number of hydrogen-bond donors (Lipinski definition) is 0. The first-order valence-corrected chi connectivity index (χ1v) is 9.82. The topological polar surface area (TPSA) is 39.4 Å². The van der Waals surface area contributed by atoms with E-state index < -0.39 is 0 Å². The molecule has 0 atom stereocenters. The summed E-state index contributed by atoms with van der Waals surface area (Å²) in [6.45, 7) is 6.17. The molecule has 3 nitrogen and oxygen atoms in total. The summed E-state index contributed by atoms with van der Waals surface area (Å²) in [6, 6.07) is 19.1. The quantitative estimate of drug-likeness (QED) is 0.383. The fourth-order valence-corrected chi connectivity index (χ4v) is 3.56. The molecular weight excluding hydrogens is 384 g/mol. The Kier molecular flexibility index (Phi) is 5.16. The fraction of sp³-hybridized carbons (Fsp3) is 0.160. The van der Waals surface area contributed by atoms with E-state index in [1.54, 1.807) is 12.1 Å². The van der Waals surface area contributed by atoms with Crippen molar-refractivity contribution in [2.75, 3.05) is 0 Å². The predicted octanol–water partition coefficient (Wildman–Crippen LogP) is 6.62. The highest BCUT2D eigenvalue weighted by molar-refractivity contribution is 6.30. The van der Waals surface area contributed by atoms with Crippen molar-refractivity contribution in [3.05, 3.63) is 98.2 Å². The van der Waals surface area contributed by atoms with Crippen molar-refractivity contribution in [2.45, 2.75) is 27.4 Å². The molecule has 1 aromatic heterocycles. The van der Waals surface area contributed by atoms with Crippen LogP contribution >= 0.6 is 11.6 Å². The van der Waals surface area contributed by atoms with Crippen LogP contribution in [0.5, 0.6) is 5.75 Å². The lowest BCUT2D eigenvalue weighted by Gasteiger charge is -2.13. The molecule has 0 aliphatic heterocycles. The van der Waals surface area contributed by atoms with Gasteiger partial charge in [-0.3, -0.25) is 4.79 Å². The van der Waals surface area contributed by atoms with Crippen LogP contribution in [-0.4, -0.2) is 0 Å². The molecule has 0 unspecified atom stereocenters. The maximum atomic E-state index is 13.4. The van der Waals surface area contributed by atoms with Gasteiger partial charge in [-0.25, -0.2) is 0 Å². The molecule has 0 spiro atoms. The van der Waals surface area contributed by atoms with Crippen molar-refractivity contribution in [2.24, 2.45) is 0 Å². The minimum absolute atomic E-state index is 0.159. The van der Waals surface area contributed by atoms with Crippen molar-refractivity contribution in [1.29, 1.82) is 0 Å². The van der Waals surface area contributed by atoms with Crippen LogP contribution in [0.25, 0.3) is 22.3 Å². The van der Waals surface area contributed by atoms with Gasteiger partial charge in [-0.1, -0.05) is 59.6 Å². The molecule has 29 heavy (non-hydrogen) atoms. The summed E-state index contributed by atoms with van der Waals surface area (Å²) in [4.78, 5) is 13.4. The summed E-state index contributed by atoms with van der Waals surface area (Å²) in [5.74, 6) is 0.671. The zero-order valence-electron chi connectivity index (χ0n) is 16.6. The molecular formula is C25H21ClO3. The van der Waals surface area contributed by atoms with E-state index in [4.69, 9.17) is 20.8 Å². The van der Waals surface area contributed by atoms with Gasteiger partial charge in [-0.05, 0) is 55.7 Å². The van der Waals surface area contributed by atoms with Crippen LogP contribution in [0.2, 0.25) is 5.02 Å². The predicted molar refractivity (Wildman–Crippen MR) is 118 cm³/mol. The van der Waals surface area contributed by atoms with Crippen molar-refractivity contribution in [3.63, 3.8) is 0 Å². The Balaban J connectivity index is 1.88. The molecule has 0 bridgehead atoms. The molecule has 1 heterocycles. The molecule has 0 aliphatic rings. The van der Waals surface area contributed by atoms with Gasteiger partial charge in [0.25, 0.3) is 0 Å². The largest absolute Gasteiger partial charge is 0.481 e. The first-order chi connectivity index (χ1) is 13.9. The highest BCUT2D eigenvalue weighted by Crippen LogP contribution is 2.33. The SMILES string of the molecule is Cc1ccc(-c2oc3cc(C)cc(C)c3c(=O)c2OCc2ccc(Cl)cc2)cc1. The van der Waals surface area contributed by atoms with Crippen molar-refractivity contribution in [1.82, 2.24) is 0 Å². The average molecular weight is 405 g/mol. The summed E-state index contributed by atoms with van der Waals surface area (Å²) in [7, 11) is 0. The van der Waals surface area contributed by atoms with E-state index in [9.17, 15) is 4.79 Å². The van der Waals surface area contributed by atoms with Crippen molar-refractivity contribution in [3.8, 4) is 17.1 Å². The van der Waals surface area contributed by atoms with Crippen LogP contribution in [0.3, 0.4) is 0 Å². The first kappa shape index (κ1) is 19.3. The highest BCUT2D eigenvalue weighted by atomic mass is 35.5. The molecule has 0 aliphatic carbocycles. The summed E-state index contributed by atoms with van der Waals surface area (Å²) < 4.78 is 12.2. The van der Waals surface area contributed by atoms with Gasteiger partial charge in [0.05, 0.1) is 5.39 Å². The zero-order chi connectivity index (χ0) is 20.5. The highest BCUT2D eigenvalue weighted by Gasteiger charge is 2.19. The Hall–Kier alpha value is -3.04. The number of aryl methyl sites for hydroxylation is 3. The van der Waals surface area contributed by atoms with E-state index in [0.29, 0.717) is 21.8 Å². The molecule has 0 N–H and O–H groups in total. The van der Waals surface area contributed by atoms with E-state index in [1.165, 1.54) is 0 Å². The van der Waals surface area contributed by atoms with Crippen LogP contribution in [0.4, 0.5) is 0 Å². The van der Waals surface area contributed by atoms with Gasteiger partial charge < -0.3 is 9.15 Å². The summed E-state index contributed by atoms with van der Waals surface area (Å²) in [6.07, 6.45) is 0. The van der Waals surface area contributed by atoms with E-state index in [1.807, 2.05) is 69.3 Å². The van der Waals surface area contributed by atoms with Gasteiger partial charge in [0, 0.05) is 10.6 Å². The van der Waals surface area contributed by atoms with Crippen LogP contribution in [0, 0.1) is 20.8 Å². The Morgan fingerprint density at radius 2 is 1.59 bits per heavy atom. The van der Waals surface area contributed by atoms with E-state index in [-0.39, 0.29) is 17.8 Å². The van der Waals surface area contributed by atoms with E-state index in [2.05, 4.69) is 0 Å². The molecule has 4 heteroatoms. The normalized spacial score (nSPS) is 11.0. The molecule has 0 fully saturated rings. The van der Waals surface area contributed by atoms with Crippen LogP contribution < -0.4 is 10.2 Å². The Labute approximate surface area is 174 Å².